The van der Waals surface area contributed by atoms with E-state index in [2.05, 4.69) is 15.3 Å². The lowest BCUT2D eigenvalue weighted by Crippen LogP contribution is -2.20. The molecule has 0 fully saturated rings. The van der Waals surface area contributed by atoms with Gasteiger partial charge in [-0.25, -0.2) is 9.97 Å². The molecule has 0 amide bonds. The molecular weight excluding hydrogens is 250 g/mol. The highest BCUT2D eigenvalue weighted by Gasteiger charge is 2.19. The van der Waals surface area contributed by atoms with Crippen molar-refractivity contribution in [3.05, 3.63) is 53.1 Å². The summed E-state index contributed by atoms with van der Waals surface area (Å²) in [5.41, 5.74) is 0.915. The van der Waals surface area contributed by atoms with E-state index in [9.17, 15) is 0 Å². The number of benzene rings is 1. The highest BCUT2D eigenvalue weighted by Crippen LogP contribution is 2.30. The minimum absolute atomic E-state index is 0.153. The van der Waals surface area contributed by atoms with Gasteiger partial charge in [0.15, 0.2) is 0 Å². The molecular formula is C13H14ClN3O. The van der Waals surface area contributed by atoms with E-state index in [4.69, 9.17) is 16.3 Å². The zero-order valence-corrected chi connectivity index (χ0v) is 11.0. The van der Waals surface area contributed by atoms with Gasteiger partial charge in [0, 0.05) is 23.0 Å². The Balaban J connectivity index is 2.48. The van der Waals surface area contributed by atoms with Crippen LogP contribution < -0.4 is 10.1 Å². The first-order valence-corrected chi connectivity index (χ1v) is 5.91. The molecule has 5 heteroatoms. The van der Waals surface area contributed by atoms with E-state index >= 15 is 0 Å². The van der Waals surface area contributed by atoms with Gasteiger partial charge in [-0.1, -0.05) is 11.6 Å². The summed E-state index contributed by atoms with van der Waals surface area (Å²) in [5.74, 6) is 1.44. The van der Waals surface area contributed by atoms with Crippen molar-refractivity contribution in [1.29, 1.82) is 0 Å². The van der Waals surface area contributed by atoms with Crippen molar-refractivity contribution in [2.75, 3.05) is 14.2 Å². The third-order valence-corrected chi connectivity index (χ3v) is 2.87. The van der Waals surface area contributed by atoms with Gasteiger partial charge in [-0.3, -0.25) is 0 Å². The SMILES string of the molecule is CNC(c1ncccn1)c1cc(Cl)ccc1OC. The normalized spacial score (nSPS) is 12.2. The lowest BCUT2D eigenvalue weighted by Gasteiger charge is -2.18. The molecule has 0 aliphatic heterocycles. The van der Waals surface area contributed by atoms with Crippen LogP contribution >= 0.6 is 11.6 Å². The maximum atomic E-state index is 6.04. The van der Waals surface area contributed by atoms with E-state index in [1.54, 1.807) is 31.6 Å². The number of hydrogen-bond acceptors (Lipinski definition) is 4. The largest absolute Gasteiger partial charge is 0.496 e. The topological polar surface area (TPSA) is 47.0 Å². The molecule has 94 valence electrons. The molecule has 0 saturated heterocycles. The van der Waals surface area contributed by atoms with Crippen molar-refractivity contribution in [3.8, 4) is 5.75 Å². The smallest absolute Gasteiger partial charge is 0.149 e. The predicted molar refractivity (Wildman–Crippen MR) is 70.9 cm³/mol. The van der Waals surface area contributed by atoms with Gasteiger partial charge < -0.3 is 10.1 Å². The summed E-state index contributed by atoms with van der Waals surface area (Å²) < 4.78 is 5.35. The van der Waals surface area contributed by atoms with Gasteiger partial charge in [-0.05, 0) is 31.3 Å². The van der Waals surface area contributed by atoms with E-state index < -0.39 is 0 Å². The van der Waals surface area contributed by atoms with Crippen LogP contribution in [0.3, 0.4) is 0 Å². The van der Waals surface area contributed by atoms with Gasteiger partial charge in [-0.2, -0.15) is 0 Å². The van der Waals surface area contributed by atoms with Crippen LogP contribution in [-0.2, 0) is 0 Å². The number of methoxy groups -OCH3 is 1. The summed E-state index contributed by atoms with van der Waals surface area (Å²) in [7, 11) is 3.48. The van der Waals surface area contributed by atoms with Crippen LogP contribution in [0.5, 0.6) is 5.75 Å². The molecule has 1 atom stereocenters. The molecule has 1 N–H and O–H groups in total. The Labute approximate surface area is 111 Å². The van der Waals surface area contributed by atoms with E-state index in [1.807, 2.05) is 19.2 Å². The summed E-state index contributed by atoms with van der Waals surface area (Å²) in [4.78, 5) is 8.52. The molecule has 0 radical (unpaired) electrons. The summed E-state index contributed by atoms with van der Waals surface area (Å²) >= 11 is 6.04. The first-order valence-electron chi connectivity index (χ1n) is 5.54. The fourth-order valence-corrected chi connectivity index (χ4v) is 1.99. The van der Waals surface area contributed by atoms with Crippen molar-refractivity contribution >= 4 is 11.6 Å². The van der Waals surface area contributed by atoms with Gasteiger partial charge in [0.25, 0.3) is 0 Å². The Kier molecular flexibility index (Phi) is 4.12. The average molecular weight is 264 g/mol. The van der Waals surface area contributed by atoms with E-state index in [0.29, 0.717) is 10.8 Å². The molecule has 2 rings (SSSR count). The molecule has 1 unspecified atom stereocenters. The first-order chi connectivity index (χ1) is 8.76. The van der Waals surface area contributed by atoms with Gasteiger partial charge in [0.2, 0.25) is 0 Å². The van der Waals surface area contributed by atoms with Crippen LogP contribution in [0, 0.1) is 0 Å². The fraction of sp³-hybridized carbons (Fsp3) is 0.231. The minimum Gasteiger partial charge on any atom is -0.496 e. The van der Waals surface area contributed by atoms with E-state index in [1.165, 1.54) is 0 Å². The number of aromatic nitrogens is 2. The number of nitrogens with one attached hydrogen (secondary N) is 1. The van der Waals surface area contributed by atoms with Crippen molar-refractivity contribution in [2.45, 2.75) is 6.04 Å². The molecule has 0 spiro atoms. The van der Waals surface area contributed by atoms with Crippen molar-refractivity contribution in [1.82, 2.24) is 15.3 Å². The third-order valence-electron chi connectivity index (χ3n) is 2.64. The Morgan fingerprint density at radius 3 is 2.61 bits per heavy atom. The summed E-state index contributed by atoms with van der Waals surface area (Å²) in [6.45, 7) is 0. The second-order valence-electron chi connectivity index (χ2n) is 3.71. The Bertz CT molecular complexity index is 519. The molecule has 0 saturated carbocycles. The highest BCUT2D eigenvalue weighted by molar-refractivity contribution is 6.30. The monoisotopic (exact) mass is 263 g/mol. The molecule has 1 aromatic heterocycles. The molecule has 2 aromatic rings. The zero-order valence-electron chi connectivity index (χ0n) is 10.2. The molecule has 18 heavy (non-hydrogen) atoms. The Morgan fingerprint density at radius 1 is 1.28 bits per heavy atom. The minimum atomic E-state index is -0.153. The second kappa shape index (κ2) is 5.80. The molecule has 0 aliphatic carbocycles. The van der Waals surface area contributed by atoms with Crippen LogP contribution in [0.25, 0.3) is 0 Å². The summed E-state index contributed by atoms with van der Waals surface area (Å²) in [5, 5.41) is 3.83. The van der Waals surface area contributed by atoms with Crippen LogP contribution in [0.4, 0.5) is 0 Å². The third kappa shape index (κ3) is 2.60. The van der Waals surface area contributed by atoms with Gasteiger partial charge >= 0.3 is 0 Å². The molecule has 1 aromatic carbocycles. The Hall–Kier alpha value is -1.65. The average Bonchev–Trinajstić information content (AvgIpc) is 2.41. The second-order valence-corrected chi connectivity index (χ2v) is 4.15. The predicted octanol–water partition coefficient (Wildman–Crippen LogP) is 2.45. The summed E-state index contributed by atoms with van der Waals surface area (Å²) in [6.07, 6.45) is 3.42. The standard InChI is InChI=1S/C13H14ClN3O/c1-15-12(13-16-6-3-7-17-13)10-8-9(14)4-5-11(10)18-2/h3-8,12,15H,1-2H3. The molecule has 4 nitrogen and oxygen atoms in total. The van der Waals surface area contributed by atoms with E-state index in [-0.39, 0.29) is 6.04 Å². The number of ether oxygens (including phenoxy) is 1. The van der Waals surface area contributed by atoms with Gasteiger partial charge in [0.05, 0.1) is 13.2 Å². The summed E-state index contributed by atoms with van der Waals surface area (Å²) in [6, 6.07) is 7.12. The quantitative estimate of drug-likeness (QED) is 0.920. The van der Waals surface area contributed by atoms with Crippen LogP contribution in [0.2, 0.25) is 5.02 Å². The zero-order chi connectivity index (χ0) is 13.0. The van der Waals surface area contributed by atoms with Crippen molar-refractivity contribution in [3.63, 3.8) is 0 Å². The maximum absolute atomic E-state index is 6.04. The fourth-order valence-electron chi connectivity index (χ4n) is 1.81. The Morgan fingerprint density at radius 2 is 2.00 bits per heavy atom. The van der Waals surface area contributed by atoms with Crippen LogP contribution in [0.15, 0.2) is 36.7 Å². The molecule has 0 bridgehead atoms. The van der Waals surface area contributed by atoms with Crippen molar-refractivity contribution in [2.24, 2.45) is 0 Å². The first kappa shape index (κ1) is 12.8. The van der Waals surface area contributed by atoms with Crippen LogP contribution in [0.1, 0.15) is 17.4 Å². The van der Waals surface area contributed by atoms with Crippen molar-refractivity contribution < 1.29 is 4.74 Å². The number of rotatable bonds is 4. The van der Waals surface area contributed by atoms with Crippen LogP contribution in [-0.4, -0.2) is 24.1 Å². The number of nitrogens with zero attached hydrogens (tertiary/aromatic N) is 2. The number of halogens is 1. The highest BCUT2D eigenvalue weighted by atomic mass is 35.5. The lowest BCUT2D eigenvalue weighted by molar-refractivity contribution is 0.404. The molecule has 0 aliphatic rings. The molecule has 1 heterocycles. The van der Waals surface area contributed by atoms with Gasteiger partial charge in [-0.15, -0.1) is 0 Å². The number of hydrogen-bond donors (Lipinski definition) is 1. The van der Waals surface area contributed by atoms with Gasteiger partial charge in [0.1, 0.15) is 11.6 Å². The maximum Gasteiger partial charge on any atom is 0.149 e. The lowest BCUT2D eigenvalue weighted by atomic mass is 10.1. The van der Waals surface area contributed by atoms with E-state index in [0.717, 1.165) is 11.3 Å².